The second-order valence-electron chi connectivity index (χ2n) is 4.75. The Morgan fingerprint density at radius 3 is 1.61 bits per heavy atom. The van der Waals surface area contributed by atoms with Gasteiger partial charge in [0.2, 0.25) is 0 Å². The summed E-state index contributed by atoms with van der Waals surface area (Å²) in [6, 6.07) is 16.8. The van der Waals surface area contributed by atoms with Gasteiger partial charge in [-0.1, -0.05) is 43.0 Å². The molecule has 4 N–H and O–H groups in total. The average molecular weight is 315 g/mol. The van der Waals surface area contributed by atoms with Crippen LogP contribution in [0.1, 0.15) is 6.92 Å². The van der Waals surface area contributed by atoms with Gasteiger partial charge in [0.1, 0.15) is 0 Å². The molecule has 0 aliphatic carbocycles. The van der Waals surface area contributed by atoms with Gasteiger partial charge < -0.3 is 20.3 Å². The Morgan fingerprint density at radius 1 is 0.957 bits per heavy atom. The zero-order valence-corrected chi connectivity index (χ0v) is 13.0. The number of H-pyrrole nitrogens is 1. The Bertz CT molecular complexity index is 712. The number of aliphatic hydroxyl groups excluding tert-OH is 2. The van der Waals surface area contributed by atoms with E-state index in [0.717, 1.165) is 0 Å². The molecule has 122 valence electrons. The molecule has 0 aliphatic heterocycles. The van der Waals surface area contributed by atoms with E-state index in [1.54, 1.807) is 0 Å². The number of nitrogens with one attached hydrogen (secondary N) is 1. The molecule has 5 nitrogen and oxygen atoms in total. The van der Waals surface area contributed by atoms with Crippen LogP contribution in [0.25, 0.3) is 21.8 Å². The van der Waals surface area contributed by atoms with Crippen molar-refractivity contribution >= 4 is 27.8 Å². The number of aliphatic hydroxyl groups is 2. The van der Waals surface area contributed by atoms with Crippen molar-refractivity contribution in [3.8, 4) is 0 Å². The highest BCUT2D eigenvalue weighted by molar-refractivity contribution is 6.06. The van der Waals surface area contributed by atoms with Gasteiger partial charge in [-0.15, -0.1) is 0 Å². The van der Waals surface area contributed by atoms with Crippen LogP contribution < -0.4 is 0 Å². The van der Waals surface area contributed by atoms with E-state index in [0.29, 0.717) is 0 Å². The van der Waals surface area contributed by atoms with E-state index < -0.39 is 5.97 Å². The highest BCUT2D eigenvalue weighted by Crippen LogP contribution is 2.24. The maximum absolute atomic E-state index is 9.60. The zero-order valence-electron chi connectivity index (χ0n) is 13.0. The number of aliphatic carboxylic acids is 1. The van der Waals surface area contributed by atoms with Gasteiger partial charge >= 0.3 is 5.97 Å². The van der Waals surface area contributed by atoms with Crippen LogP contribution in [0.15, 0.2) is 60.7 Å². The van der Waals surface area contributed by atoms with Crippen molar-refractivity contribution in [1.82, 2.24) is 4.98 Å². The van der Waals surface area contributed by atoms with E-state index in [9.17, 15) is 4.79 Å². The molecule has 0 saturated carbocycles. The molecule has 5 heteroatoms. The first kappa shape index (κ1) is 18.4. The molecule has 0 aliphatic rings. The van der Waals surface area contributed by atoms with Gasteiger partial charge in [0.15, 0.2) is 0 Å². The molecule has 0 unspecified atom stereocenters. The third-order valence-corrected chi connectivity index (χ3v) is 2.88. The van der Waals surface area contributed by atoms with E-state index in [-0.39, 0.29) is 18.8 Å². The smallest absolute Gasteiger partial charge is 0.330 e. The number of aromatic amines is 1. The lowest BCUT2D eigenvalue weighted by molar-refractivity contribution is -0.132. The third kappa shape index (κ3) is 5.58. The first-order valence-corrected chi connectivity index (χ1v) is 7.07. The summed E-state index contributed by atoms with van der Waals surface area (Å²) in [6.07, 6.45) is 0. The van der Waals surface area contributed by atoms with Gasteiger partial charge in [-0.05, 0) is 19.1 Å². The minimum absolute atomic E-state index is 0.125. The lowest BCUT2D eigenvalue weighted by Crippen LogP contribution is -1.92. The highest BCUT2D eigenvalue weighted by atomic mass is 16.4. The molecule has 0 spiro atoms. The number of hydrogen-bond donors (Lipinski definition) is 4. The lowest BCUT2D eigenvalue weighted by atomic mass is 10.2. The Morgan fingerprint density at radius 2 is 1.30 bits per heavy atom. The fourth-order valence-corrected chi connectivity index (χ4v) is 1.80. The maximum atomic E-state index is 9.60. The zero-order chi connectivity index (χ0) is 17.2. The molecule has 0 radical (unpaired) electrons. The largest absolute Gasteiger partial charge is 0.478 e. The Hall–Kier alpha value is -2.63. The summed E-state index contributed by atoms with van der Waals surface area (Å²) in [5, 5.41) is 25.7. The van der Waals surface area contributed by atoms with E-state index in [1.165, 1.54) is 28.7 Å². The molecule has 1 aromatic heterocycles. The summed E-state index contributed by atoms with van der Waals surface area (Å²) in [5.74, 6) is -0.935. The van der Waals surface area contributed by atoms with Crippen LogP contribution in [0.2, 0.25) is 0 Å². The van der Waals surface area contributed by atoms with E-state index in [2.05, 4.69) is 60.1 Å². The summed E-state index contributed by atoms with van der Waals surface area (Å²) in [6.45, 7) is 4.35. The van der Waals surface area contributed by atoms with Crippen molar-refractivity contribution < 1.29 is 20.1 Å². The molecule has 3 aromatic rings. The normalized spacial score (nSPS) is 9.52. The predicted molar refractivity (Wildman–Crippen MR) is 92.4 cm³/mol. The van der Waals surface area contributed by atoms with Crippen molar-refractivity contribution in [2.24, 2.45) is 0 Å². The van der Waals surface area contributed by atoms with Gasteiger partial charge in [0.25, 0.3) is 0 Å². The fraction of sp³-hybridized carbons (Fsp3) is 0.167. The number of fused-ring (bicyclic) bond motifs is 3. The van der Waals surface area contributed by atoms with Crippen molar-refractivity contribution in [1.29, 1.82) is 0 Å². The lowest BCUT2D eigenvalue weighted by Gasteiger charge is -1.87. The van der Waals surface area contributed by atoms with Crippen LogP contribution >= 0.6 is 0 Å². The standard InChI is InChI=1S/C12H9N.C4H6O2.C2H6O2/c1-3-7-11-9(5-1)10-6-2-4-8-12(10)13-11;1-3(2)4(5)6;3-1-2-4/h1-8,13H;1H2,2H3,(H,5,6);3-4H,1-2H2. The van der Waals surface area contributed by atoms with Crippen molar-refractivity contribution in [3.63, 3.8) is 0 Å². The molecular weight excluding hydrogens is 294 g/mol. The third-order valence-electron chi connectivity index (χ3n) is 2.88. The van der Waals surface area contributed by atoms with Crippen LogP contribution in [-0.2, 0) is 4.79 Å². The molecule has 0 atom stereocenters. The fourth-order valence-electron chi connectivity index (χ4n) is 1.80. The van der Waals surface area contributed by atoms with Gasteiger partial charge in [-0.3, -0.25) is 0 Å². The Labute approximate surface area is 134 Å². The first-order valence-electron chi connectivity index (χ1n) is 7.07. The molecule has 1 heterocycles. The van der Waals surface area contributed by atoms with Crippen molar-refractivity contribution in [2.45, 2.75) is 6.92 Å². The van der Waals surface area contributed by atoms with Crippen molar-refractivity contribution in [2.75, 3.05) is 13.2 Å². The van der Waals surface area contributed by atoms with Gasteiger partial charge in [-0.25, -0.2) is 4.79 Å². The quantitative estimate of drug-likeness (QED) is 0.547. The van der Waals surface area contributed by atoms with Crippen LogP contribution in [-0.4, -0.2) is 39.5 Å². The van der Waals surface area contributed by atoms with Crippen LogP contribution in [0.3, 0.4) is 0 Å². The summed E-state index contributed by atoms with van der Waals surface area (Å²) in [7, 11) is 0. The minimum Gasteiger partial charge on any atom is -0.478 e. The molecule has 0 fully saturated rings. The molecule has 0 saturated heterocycles. The second kappa shape index (κ2) is 9.40. The molecule has 23 heavy (non-hydrogen) atoms. The number of carboxylic acids is 1. The number of aromatic nitrogens is 1. The van der Waals surface area contributed by atoms with Crippen molar-refractivity contribution in [3.05, 3.63) is 60.7 Å². The number of para-hydroxylation sites is 2. The van der Waals surface area contributed by atoms with E-state index >= 15 is 0 Å². The molecule has 3 rings (SSSR count). The minimum atomic E-state index is -0.935. The van der Waals surface area contributed by atoms with Crippen LogP contribution in [0, 0.1) is 0 Å². The maximum Gasteiger partial charge on any atom is 0.330 e. The monoisotopic (exact) mass is 315 g/mol. The van der Waals surface area contributed by atoms with Crippen LogP contribution in [0.5, 0.6) is 0 Å². The number of benzene rings is 2. The highest BCUT2D eigenvalue weighted by Gasteiger charge is 2.00. The Kier molecular flexibility index (Phi) is 7.53. The van der Waals surface area contributed by atoms with Gasteiger partial charge in [-0.2, -0.15) is 0 Å². The average Bonchev–Trinajstić information content (AvgIpc) is 2.94. The van der Waals surface area contributed by atoms with Crippen LogP contribution in [0.4, 0.5) is 0 Å². The molecule has 2 aromatic carbocycles. The first-order chi connectivity index (χ1) is 11.0. The summed E-state index contributed by atoms with van der Waals surface area (Å²) in [5.41, 5.74) is 2.60. The molecule has 0 bridgehead atoms. The number of carboxylic acid groups (broad SMARTS) is 1. The number of carbonyl (C=O) groups is 1. The summed E-state index contributed by atoms with van der Waals surface area (Å²) >= 11 is 0. The van der Waals surface area contributed by atoms with Gasteiger partial charge in [0.05, 0.1) is 13.2 Å². The number of hydrogen-bond acceptors (Lipinski definition) is 3. The molecular formula is C18H21NO4. The predicted octanol–water partition coefficient (Wildman–Crippen LogP) is 2.94. The van der Waals surface area contributed by atoms with E-state index in [1.807, 2.05) is 0 Å². The Balaban J connectivity index is 0.000000224. The molecule has 0 amide bonds. The topological polar surface area (TPSA) is 93.6 Å². The summed E-state index contributed by atoms with van der Waals surface area (Å²) in [4.78, 5) is 13.0. The van der Waals surface area contributed by atoms with E-state index in [4.69, 9.17) is 15.3 Å². The SMILES string of the molecule is C=C(C)C(=O)O.OCCO.c1ccc2c(c1)[nH]c1ccccc12. The summed E-state index contributed by atoms with van der Waals surface area (Å²) < 4.78 is 0. The second-order valence-corrected chi connectivity index (χ2v) is 4.75. The van der Waals surface area contributed by atoms with Gasteiger partial charge in [0, 0.05) is 27.4 Å². The number of rotatable bonds is 2.